The van der Waals surface area contributed by atoms with Crippen LogP contribution in [0, 0.1) is 5.82 Å². The summed E-state index contributed by atoms with van der Waals surface area (Å²) >= 11 is 5.54. The molecule has 1 heterocycles. The van der Waals surface area contributed by atoms with Crippen LogP contribution in [0.25, 0.3) is 6.08 Å². The van der Waals surface area contributed by atoms with Crippen LogP contribution in [-0.2, 0) is 4.74 Å². The summed E-state index contributed by atoms with van der Waals surface area (Å²) in [7, 11) is 0. The van der Waals surface area contributed by atoms with Crippen LogP contribution in [-0.4, -0.2) is 23.2 Å². The Balaban J connectivity index is 2.47. The smallest absolute Gasteiger partial charge is 0.407 e. The van der Waals surface area contributed by atoms with Crippen LogP contribution in [0.2, 0.25) is 5.15 Å². The fraction of sp³-hybridized carbons (Fsp3) is 0.385. The lowest BCUT2D eigenvalue weighted by atomic mass is 10.2. The minimum Gasteiger partial charge on any atom is -0.444 e. The summed E-state index contributed by atoms with van der Waals surface area (Å²) in [5.41, 5.74) is -0.232. The fourth-order valence-electron chi connectivity index (χ4n) is 1.20. The van der Waals surface area contributed by atoms with Crippen molar-refractivity contribution in [3.8, 4) is 0 Å². The van der Waals surface area contributed by atoms with Gasteiger partial charge in [-0.1, -0.05) is 23.8 Å². The van der Waals surface area contributed by atoms with E-state index in [9.17, 15) is 9.18 Å². The molecule has 1 amide bonds. The summed E-state index contributed by atoms with van der Waals surface area (Å²) in [6.45, 7) is 5.55. The molecule has 0 aliphatic carbocycles. The Morgan fingerprint density at radius 1 is 1.58 bits per heavy atom. The summed E-state index contributed by atoms with van der Waals surface area (Å²) in [5, 5.41) is 2.35. The number of halogens is 2. The van der Waals surface area contributed by atoms with Gasteiger partial charge in [-0.2, -0.15) is 0 Å². The van der Waals surface area contributed by atoms with E-state index in [0.29, 0.717) is 5.56 Å². The average molecular weight is 287 g/mol. The molecule has 0 aromatic carbocycles. The standard InChI is InChI=1S/C13H16ClFN2O2/c1-13(2,3)19-12(18)17-7-4-5-9-6-8-16-11(14)10(9)15/h4-6,8H,7H2,1-3H3,(H,17,18). The number of amides is 1. The van der Waals surface area contributed by atoms with Crippen LogP contribution in [0.15, 0.2) is 18.3 Å². The Labute approximate surface area is 116 Å². The van der Waals surface area contributed by atoms with Gasteiger partial charge in [-0.25, -0.2) is 14.2 Å². The van der Waals surface area contributed by atoms with Crippen LogP contribution in [0.4, 0.5) is 9.18 Å². The zero-order valence-electron chi connectivity index (χ0n) is 11.0. The monoisotopic (exact) mass is 286 g/mol. The summed E-state index contributed by atoms with van der Waals surface area (Å²) < 4.78 is 18.5. The largest absolute Gasteiger partial charge is 0.444 e. The number of pyridine rings is 1. The average Bonchev–Trinajstić information content (AvgIpc) is 2.27. The lowest BCUT2D eigenvalue weighted by Gasteiger charge is -2.19. The molecule has 1 aromatic rings. The summed E-state index contributed by atoms with van der Waals surface area (Å²) in [6.07, 6.45) is 4.00. The Morgan fingerprint density at radius 2 is 2.26 bits per heavy atom. The maximum atomic E-state index is 13.5. The molecule has 0 radical (unpaired) electrons. The molecule has 0 aliphatic heterocycles. The van der Waals surface area contributed by atoms with Crippen LogP contribution < -0.4 is 5.32 Å². The van der Waals surface area contributed by atoms with Crippen molar-refractivity contribution in [3.63, 3.8) is 0 Å². The van der Waals surface area contributed by atoms with Gasteiger partial charge in [0.1, 0.15) is 5.60 Å². The number of alkyl carbamates (subject to hydrolysis) is 1. The Bertz CT molecular complexity index is 484. The van der Waals surface area contributed by atoms with Gasteiger partial charge in [-0.15, -0.1) is 0 Å². The molecule has 0 aliphatic rings. The molecule has 0 atom stereocenters. The SMILES string of the molecule is CC(C)(C)OC(=O)NCC=Cc1ccnc(Cl)c1F. The van der Waals surface area contributed by atoms with E-state index in [4.69, 9.17) is 16.3 Å². The third-order valence-electron chi connectivity index (χ3n) is 1.94. The third kappa shape index (κ3) is 5.70. The van der Waals surface area contributed by atoms with Crippen LogP contribution in [0.1, 0.15) is 26.3 Å². The van der Waals surface area contributed by atoms with E-state index in [1.165, 1.54) is 18.3 Å². The molecule has 6 heteroatoms. The summed E-state index contributed by atoms with van der Waals surface area (Å²) in [4.78, 5) is 14.9. The number of carbonyl (C=O) groups excluding carboxylic acids is 1. The third-order valence-corrected chi connectivity index (χ3v) is 2.20. The van der Waals surface area contributed by atoms with Crippen LogP contribution >= 0.6 is 11.6 Å². The Hall–Kier alpha value is -1.62. The molecule has 0 spiro atoms. The summed E-state index contributed by atoms with van der Waals surface area (Å²) in [5.74, 6) is -0.585. The zero-order valence-corrected chi connectivity index (χ0v) is 11.8. The van der Waals surface area contributed by atoms with Crippen molar-refractivity contribution in [2.24, 2.45) is 0 Å². The topological polar surface area (TPSA) is 51.2 Å². The highest BCUT2D eigenvalue weighted by Crippen LogP contribution is 2.15. The van der Waals surface area contributed by atoms with Crippen LogP contribution in [0.5, 0.6) is 0 Å². The molecule has 0 fully saturated rings. The molecule has 0 unspecified atom stereocenters. The van der Waals surface area contributed by atoms with Gasteiger partial charge in [-0.3, -0.25) is 0 Å². The van der Waals surface area contributed by atoms with Gasteiger partial charge in [-0.05, 0) is 26.8 Å². The molecule has 104 valence electrons. The minimum absolute atomic E-state index is 0.178. The first-order chi connectivity index (χ1) is 8.79. The maximum absolute atomic E-state index is 13.5. The zero-order chi connectivity index (χ0) is 14.5. The first-order valence-corrected chi connectivity index (χ1v) is 6.11. The second kappa shape index (κ2) is 6.52. The van der Waals surface area contributed by atoms with Crippen LogP contribution in [0.3, 0.4) is 0 Å². The van der Waals surface area contributed by atoms with E-state index in [2.05, 4.69) is 10.3 Å². The van der Waals surface area contributed by atoms with E-state index in [0.717, 1.165) is 0 Å². The van der Waals surface area contributed by atoms with Gasteiger partial charge in [0.05, 0.1) is 0 Å². The normalized spacial score (nSPS) is 11.6. The van der Waals surface area contributed by atoms with Crippen molar-refractivity contribution in [3.05, 3.63) is 34.9 Å². The highest BCUT2D eigenvalue weighted by Gasteiger charge is 2.15. The van der Waals surface area contributed by atoms with Gasteiger partial charge in [0.25, 0.3) is 0 Å². The van der Waals surface area contributed by atoms with E-state index in [1.807, 2.05) is 0 Å². The van der Waals surface area contributed by atoms with E-state index >= 15 is 0 Å². The molecule has 0 bridgehead atoms. The predicted molar refractivity (Wildman–Crippen MR) is 72.5 cm³/mol. The Morgan fingerprint density at radius 3 is 2.89 bits per heavy atom. The number of rotatable bonds is 3. The lowest BCUT2D eigenvalue weighted by Crippen LogP contribution is -2.32. The first kappa shape index (κ1) is 15.4. The molecule has 19 heavy (non-hydrogen) atoms. The van der Waals surface area contributed by atoms with E-state index in [-0.39, 0.29) is 11.7 Å². The maximum Gasteiger partial charge on any atom is 0.407 e. The van der Waals surface area contributed by atoms with Crippen molar-refractivity contribution >= 4 is 23.8 Å². The van der Waals surface area contributed by atoms with E-state index < -0.39 is 17.5 Å². The van der Waals surface area contributed by atoms with Crippen molar-refractivity contribution in [1.82, 2.24) is 10.3 Å². The number of carbonyl (C=O) groups is 1. The molecular formula is C13H16ClFN2O2. The number of aromatic nitrogens is 1. The van der Waals surface area contributed by atoms with Crippen molar-refractivity contribution in [2.75, 3.05) is 6.54 Å². The van der Waals surface area contributed by atoms with Crippen molar-refractivity contribution in [1.29, 1.82) is 0 Å². The number of hydrogen-bond acceptors (Lipinski definition) is 3. The molecule has 1 N–H and O–H groups in total. The van der Waals surface area contributed by atoms with Gasteiger partial charge >= 0.3 is 6.09 Å². The second-order valence-corrected chi connectivity index (χ2v) is 5.15. The van der Waals surface area contributed by atoms with E-state index in [1.54, 1.807) is 26.8 Å². The number of nitrogens with zero attached hydrogens (tertiary/aromatic N) is 1. The predicted octanol–water partition coefficient (Wildman–Crippen LogP) is 3.41. The molecule has 0 saturated heterocycles. The molecular weight excluding hydrogens is 271 g/mol. The van der Waals surface area contributed by atoms with Gasteiger partial charge in [0.15, 0.2) is 11.0 Å². The van der Waals surface area contributed by atoms with Gasteiger partial charge in [0.2, 0.25) is 0 Å². The highest BCUT2D eigenvalue weighted by atomic mass is 35.5. The fourth-order valence-corrected chi connectivity index (χ4v) is 1.37. The quantitative estimate of drug-likeness (QED) is 0.866. The summed E-state index contributed by atoms with van der Waals surface area (Å²) in [6, 6.07) is 1.49. The molecule has 0 saturated carbocycles. The highest BCUT2D eigenvalue weighted by molar-refractivity contribution is 6.29. The first-order valence-electron chi connectivity index (χ1n) is 5.73. The number of hydrogen-bond donors (Lipinski definition) is 1. The lowest BCUT2D eigenvalue weighted by molar-refractivity contribution is 0.0534. The Kier molecular flexibility index (Phi) is 5.30. The van der Waals surface area contributed by atoms with Gasteiger partial charge < -0.3 is 10.1 Å². The molecule has 1 aromatic heterocycles. The number of nitrogens with one attached hydrogen (secondary N) is 1. The second-order valence-electron chi connectivity index (χ2n) is 4.79. The van der Waals surface area contributed by atoms with Crippen molar-refractivity contribution < 1.29 is 13.9 Å². The van der Waals surface area contributed by atoms with Crippen molar-refractivity contribution in [2.45, 2.75) is 26.4 Å². The van der Waals surface area contributed by atoms with Gasteiger partial charge in [0, 0.05) is 18.3 Å². The minimum atomic E-state index is -0.585. The molecule has 4 nitrogen and oxygen atoms in total. The number of ether oxygens (including phenoxy) is 1. The molecule has 1 rings (SSSR count).